The van der Waals surface area contributed by atoms with E-state index in [2.05, 4.69) is 25.4 Å². The Hall–Kier alpha value is -5.38. The van der Waals surface area contributed by atoms with E-state index in [-0.39, 0.29) is 28.2 Å². The number of hydrogen-bond donors (Lipinski definition) is 5. The first-order chi connectivity index (χ1) is 19.6. The maximum atomic E-state index is 13.0. The minimum atomic E-state index is -3.53. The second-order valence-electron chi connectivity index (χ2n) is 8.83. The van der Waals surface area contributed by atoms with Crippen molar-refractivity contribution in [3.63, 3.8) is 0 Å². The van der Waals surface area contributed by atoms with Gasteiger partial charge < -0.3 is 10.2 Å². The molecule has 15 nitrogen and oxygen atoms in total. The molecule has 0 spiro atoms. The van der Waals surface area contributed by atoms with Crippen LogP contribution in [0.25, 0.3) is 23.5 Å². The predicted molar refractivity (Wildman–Crippen MR) is 153 cm³/mol. The van der Waals surface area contributed by atoms with Crippen molar-refractivity contribution in [3.05, 3.63) is 93.3 Å². The Morgan fingerprint density at radius 3 is 1.86 bits per heavy atom. The molecule has 0 saturated heterocycles. The molecule has 218 valence electrons. The number of aromatic carboxylic acids is 2. The Labute approximate surface area is 238 Å². The van der Waals surface area contributed by atoms with E-state index in [1.54, 1.807) is 0 Å². The third-order valence-corrected chi connectivity index (χ3v) is 6.63. The summed E-state index contributed by atoms with van der Waals surface area (Å²) in [6.45, 7) is 0. The lowest BCUT2D eigenvalue weighted by Crippen LogP contribution is -2.16. The highest BCUT2D eigenvalue weighted by atomic mass is 32.2. The van der Waals surface area contributed by atoms with Crippen LogP contribution in [0.3, 0.4) is 0 Å². The maximum absolute atomic E-state index is 13.0. The van der Waals surface area contributed by atoms with Gasteiger partial charge in [-0.2, -0.15) is 5.10 Å². The number of benzene rings is 2. The SMILES string of the molecule is CS(=O)(=O)Nc1ccc(-n2cc(C=C=Cc3c(C(=O)O)[nH]n(-c4ccc(NS(C)(=O)=O)cc4)c3=O)c(C(=O)O)n2)cc1. The summed E-state index contributed by atoms with van der Waals surface area (Å²) >= 11 is 0. The van der Waals surface area contributed by atoms with E-state index < -0.39 is 43.2 Å². The fourth-order valence-electron chi connectivity index (χ4n) is 3.72. The monoisotopic (exact) mass is 614 g/mol. The van der Waals surface area contributed by atoms with Gasteiger partial charge in [-0.3, -0.25) is 19.3 Å². The summed E-state index contributed by atoms with van der Waals surface area (Å²) in [5.74, 6) is -2.80. The molecule has 2 aromatic heterocycles. The Bertz CT molecular complexity index is 2030. The number of carboxylic acids is 2. The molecule has 2 heterocycles. The standard InChI is InChI=1S/C25H22N6O9S2/c1-41(37,38)28-16-6-10-18(11-7-16)30-14-15(21(26-30)24(33)34)4-3-5-20-22(25(35)36)27-31(23(20)32)19-12-8-17(9-13-19)29-42(2,39)40/h4-14,27-29H,1-2H3,(H,33,34)(H,35,36). The zero-order valence-electron chi connectivity index (χ0n) is 21.8. The Morgan fingerprint density at radius 2 is 1.38 bits per heavy atom. The van der Waals surface area contributed by atoms with Crippen LogP contribution in [-0.4, -0.2) is 71.1 Å². The van der Waals surface area contributed by atoms with Gasteiger partial charge in [0.25, 0.3) is 5.56 Å². The summed E-state index contributed by atoms with van der Waals surface area (Å²) in [6, 6.07) is 11.5. The third kappa shape index (κ3) is 7.03. The highest BCUT2D eigenvalue weighted by Gasteiger charge is 2.19. The van der Waals surface area contributed by atoms with E-state index in [4.69, 9.17) is 0 Å². The topological polar surface area (TPSA) is 223 Å². The molecule has 17 heteroatoms. The van der Waals surface area contributed by atoms with E-state index >= 15 is 0 Å². The number of anilines is 2. The van der Waals surface area contributed by atoms with Crippen molar-refractivity contribution < 1.29 is 36.6 Å². The molecule has 5 N–H and O–H groups in total. The van der Waals surface area contributed by atoms with Crippen LogP contribution in [-0.2, 0) is 20.0 Å². The molecule has 4 aromatic rings. The summed E-state index contributed by atoms with van der Waals surface area (Å²) in [6.07, 6.45) is 5.63. The largest absolute Gasteiger partial charge is 0.477 e. The molecule has 0 saturated carbocycles. The van der Waals surface area contributed by atoms with Crippen molar-refractivity contribution in [1.82, 2.24) is 19.6 Å². The molecule has 0 amide bonds. The lowest BCUT2D eigenvalue weighted by Gasteiger charge is -2.05. The molecule has 0 aliphatic heterocycles. The van der Waals surface area contributed by atoms with Gasteiger partial charge in [-0.25, -0.2) is 35.8 Å². The zero-order chi connectivity index (χ0) is 30.8. The number of H-pyrrole nitrogens is 1. The van der Waals surface area contributed by atoms with E-state index in [9.17, 15) is 41.4 Å². The molecule has 4 rings (SSSR count). The van der Waals surface area contributed by atoms with Gasteiger partial charge in [-0.1, -0.05) is 0 Å². The molecular weight excluding hydrogens is 592 g/mol. The molecule has 0 aliphatic rings. The summed E-state index contributed by atoms with van der Waals surface area (Å²) in [5.41, 5.74) is 2.02. The van der Waals surface area contributed by atoms with Crippen LogP contribution in [0.1, 0.15) is 32.1 Å². The summed E-state index contributed by atoms with van der Waals surface area (Å²) in [4.78, 5) is 36.7. The minimum Gasteiger partial charge on any atom is -0.477 e. The van der Waals surface area contributed by atoms with E-state index in [1.165, 1.54) is 65.5 Å². The van der Waals surface area contributed by atoms with Crippen molar-refractivity contribution in [3.8, 4) is 11.4 Å². The molecular formula is C25H22N6O9S2. The van der Waals surface area contributed by atoms with Crippen LogP contribution in [0.2, 0.25) is 0 Å². The van der Waals surface area contributed by atoms with Crippen molar-refractivity contribution in [2.45, 2.75) is 0 Å². The van der Waals surface area contributed by atoms with Crippen LogP contribution >= 0.6 is 0 Å². The van der Waals surface area contributed by atoms with Crippen molar-refractivity contribution >= 4 is 55.5 Å². The maximum Gasteiger partial charge on any atom is 0.357 e. The number of carboxylic acid groups (broad SMARTS) is 2. The average Bonchev–Trinajstić information content (AvgIpc) is 3.45. The fourth-order valence-corrected chi connectivity index (χ4v) is 4.85. The van der Waals surface area contributed by atoms with Gasteiger partial charge >= 0.3 is 11.9 Å². The first kappa shape index (κ1) is 29.6. The number of sulfonamides is 2. The normalized spacial score (nSPS) is 11.4. The highest BCUT2D eigenvalue weighted by molar-refractivity contribution is 7.92. The van der Waals surface area contributed by atoms with Gasteiger partial charge in [0, 0.05) is 23.1 Å². The Kier molecular flexibility index (Phi) is 7.92. The first-order valence-electron chi connectivity index (χ1n) is 11.6. The van der Waals surface area contributed by atoms with Crippen LogP contribution in [0.4, 0.5) is 11.4 Å². The zero-order valence-corrected chi connectivity index (χ0v) is 23.4. The van der Waals surface area contributed by atoms with E-state index in [0.717, 1.165) is 23.3 Å². The van der Waals surface area contributed by atoms with Crippen molar-refractivity contribution in [1.29, 1.82) is 0 Å². The van der Waals surface area contributed by atoms with Gasteiger partial charge in [-0.15, -0.1) is 5.73 Å². The molecule has 0 radical (unpaired) electrons. The van der Waals surface area contributed by atoms with Gasteiger partial charge in [0.2, 0.25) is 20.0 Å². The van der Waals surface area contributed by atoms with E-state index in [0.29, 0.717) is 11.4 Å². The number of aromatic nitrogens is 4. The number of hydrogen-bond acceptors (Lipinski definition) is 8. The summed E-state index contributed by atoms with van der Waals surface area (Å²) in [5, 5.41) is 25.7. The van der Waals surface area contributed by atoms with E-state index in [1.807, 2.05) is 0 Å². The second-order valence-corrected chi connectivity index (χ2v) is 12.3. The Balaban J connectivity index is 1.68. The molecule has 0 unspecified atom stereocenters. The number of carbonyl (C=O) groups is 2. The lowest BCUT2D eigenvalue weighted by atomic mass is 10.2. The Morgan fingerprint density at radius 1 is 0.857 bits per heavy atom. The molecule has 0 fully saturated rings. The van der Waals surface area contributed by atoms with Crippen LogP contribution in [0.5, 0.6) is 0 Å². The summed E-state index contributed by atoms with van der Waals surface area (Å²) in [7, 11) is -7.01. The minimum absolute atomic E-state index is 0.0822. The number of aromatic amines is 1. The molecule has 0 bridgehead atoms. The van der Waals surface area contributed by atoms with Gasteiger partial charge in [0.1, 0.15) is 0 Å². The van der Waals surface area contributed by atoms with Crippen molar-refractivity contribution in [2.75, 3.05) is 22.0 Å². The third-order valence-electron chi connectivity index (χ3n) is 5.42. The quantitative estimate of drug-likeness (QED) is 0.163. The molecule has 42 heavy (non-hydrogen) atoms. The highest BCUT2D eigenvalue weighted by Crippen LogP contribution is 2.18. The van der Waals surface area contributed by atoms with Gasteiger partial charge in [-0.05, 0) is 60.7 Å². The predicted octanol–water partition coefficient (Wildman–Crippen LogP) is 1.82. The lowest BCUT2D eigenvalue weighted by molar-refractivity contribution is 0.0679. The second kappa shape index (κ2) is 11.2. The molecule has 0 aliphatic carbocycles. The van der Waals surface area contributed by atoms with Crippen LogP contribution in [0.15, 0.2) is 65.3 Å². The first-order valence-corrected chi connectivity index (χ1v) is 15.4. The van der Waals surface area contributed by atoms with Crippen molar-refractivity contribution in [2.24, 2.45) is 0 Å². The van der Waals surface area contributed by atoms with Crippen LogP contribution in [0, 0.1) is 0 Å². The number of rotatable bonds is 10. The number of nitrogens with one attached hydrogen (secondary N) is 3. The fraction of sp³-hybridized carbons (Fsp3) is 0.0800. The molecule has 0 atom stereocenters. The van der Waals surface area contributed by atoms with Gasteiger partial charge in [0.05, 0.1) is 29.4 Å². The smallest absolute Gasteiger partial charge is 0.357 e. The van der Waals surface area contributed by atoms with Crippen LogP contribution < -0.4 is 15.0 Å². The average molecular weight is 615 g/mol. The molecule has 2 aromatic carbocycles. The van der Waals surface area contributed by atoms with Gasteiger partial charge in [0.15, 0.2) is 11.4 Å². The number of nitrogens with zero attached hydrogens (tertiary/aromatic N) is 3. The summed E-state index contributed by atoms with van der Waals surface area (Å²) < 4.78 is 52.4.